The van der Waals surface area contributed by atoms with Gasteiger partial charge in [0.25, 0.3) is 5.56 Å². The van der Waals surface area contributed by atoms with E-state index in [0.717, 1.165) is 16.8 Å². The van der Waals surface area contributed by atoms with Crippen LogP contribution in [0.25, 0.3) is 27.8 Å². The first-order valence-corrected chi connectivity index (χ1v) is 13.9. The predicted molar refractivity (Wildman–Crippen MR) is 153 cm³/mol. The second-order valence-electron chi connectivity index (χ2n) is 8.62. The fraction of sp³-hybridized carbons (Fsp3) is 0.143. The Morgan fingerprint density at radius 1 is 1.03 bits per heavy atom. The largest absolute Gasteiger partial charge is 0.301 e. The van der Waals surface area contributed by atoms with Crippen LogP contribution in [0.15, 0.2) is 88.1 Å². The lowest BCUT2D eigenvalue weighted by Gasteiger charge is -2.18. The Kier molecular flexibility index (Phi) is 7.41. The summed E-state index contributed by atoms with van der Waals surface area (Å²) in [4.78, 5) is 35.8. The summed E-state index contributed by atoms with van der Waals surface area (Å²) in [5.41, 5.74) is 3.75. The number of hydrogen-bond donors (Lipinski definition) is 1. The lowest BCUT2D eigenvalue weighted by Crippen LogP contribution is -2.24. The Morgan fingerprint density at radius 2 is 1.76 bits per heavy atom. The molecule has 9 heteroatoms. The quantitative estimate of drug-likeness (QED) is 0.175. The third-order valence-corrected chi connectivity index (χ3v) is 7.80. The summed E-state index contributed by atoms with van der Waals surface area (Å²) >= 11 is 8.83. The van der Waals surface area contributed by atoms with Crippen LogP contribution in [-0.4, -0.2) is 26.2 Å². The van der Waals surface area contributed by atoms with E-state index in [9.17, 15) is 9.59 Å². The Labute approximate surface area is 227 Å². The Bertz CT molecular complexity index is 1660. The van der Waals surface area contributed by atoms with E-state index >= 15 is 0 Å². The van der Waals surface area contributed by atoms with E-state index in [1.807, 2.05) is 66.0 Å². The molecule has 1 N–H and O–H groups in total. The van der Waals surface area contributed by atoms with E-state index in [2.05, 4.69) is 24.1 Å². The number of benzene rings is 3. The molecule has 5 aromatic rings. The number of amides is 1. The molecule has 0 saturated carbocycles. The number of fused-ring (bicyclic) bond motifs is 1. The first kappa shape index (κ1) is 25.2. The van der Waals surface area contributed by atoms with Crippen LogP contribution in [0.4, 0.5) is 5.13 Å². The molecule has 6 nitrogen and oxygen atoms in total. The fourth-order valence-corrected chi connectivity index (χ4v) is 5.78. The van der Waals surface area contributed by atoms with Gasteiger partial charge in [0, 0.05) is 16.0 Å². The van der Waals surface area contributed by atoms with Crippen LogP contribution in [0.1, 0.15) is 25.3 Å². The summed E-state index contributed by atoms with van der Waals surface area (Å²) in [5, 5.41) is 6.78. The molecule has 3 aromatic carbocycles. The molecule has 0 unspecified atom stereocenters. The molecule has 0 aliphatic carbocycles. The summed E-state index contributed by atoms with van der Waals surface area (Å²) < 4.78 is 1.62. The zero-order valence-electron chi connectivity index (χ0n) is 20.1. The van der Waals surface area contributed by atoms with Gasteiger partial charge < -0.3 is 5.32 Å². The third-order valence-electron chi connectivity index (χ3n) is 5.78. The number of hydrogen-bond acceptors (Lipinski definition) is 6. The van der Waals surface area contributed by atoms with E-state index in [1.165, 1.54) is 23.1 Å². The molecule has 5 rings (SSSR count). The van der Waals surface area contributed by atoms with E-state index < -0.39 is 0 Å². The number of anilines is 1. The zero-order valence-corrected chi connectivity index (χ0v) is 22.5. The molecule has 0 fully saturated rings. The maximum Gasteiger partial charge on any atom is 0.266 e. The average Bonchev–Trinajstić information content (AvgIpc) is 3.36. The molecule has 0 spiro atoms. The number of halogens is 1. The molecular formula is C28H23ClN4O2S2. The van der Waals surface area contributed by atoms with Crippen molar-refractivity contribution in [2.75, 3.05) is 11.1 Å². The summed E-state index contributed by atoms with van der Waals surface area (Å²) in [5.74, 6) is 0.0272. The van der Waals surface area contributed by atoms with Gasteiger partial charge in [0.2, 0.25) is 5.91 Å². The van der Waals surface area contributed by atoms with Gasteiger partial charge in [0.05, 0.1) is 28.0 Å². The van der Waals surface area contributed by atoms with Crippen LogP contribution in [0.2, 0.25) is 5.02 Å². The number of rotatable bonds is 7. The van der Waals surface area contributed by atoms with Crippen LogP contribution in [-0.2, 0) is 4.79 Å². The van der Waals surface area contributed by atoms with Crippen LogP contribution < -0.4 is 10.9 Å². The van der Waals surface area contributed by atoms with Crippen molar-refractivity contribution in [1.29, 1.82) is 0 Å². The smallest absolute Gasteiger partial charge is 0.266 e. The number of nitrogens with one attached hydrogen (secondary N) is 1. The maximum atomic E-state index is 13.6. The van der Waals surface area contributed by atoms with Gasteiger partial charge >= 0.3 is 0 Å². The second kappa shape index (κ2) is 10.9. The summed E-state index contributed by atoms with van der Waals surface area (Å²) in [7, 11) is 0. The number of thioether (sulfide) groups is 1. The minimum atomic E-state index is -0.240. The van der Waals surface area contributed by atoms with Crippen molar-refractivity contribution in [3.05, 3.63) is 99.1 Å². The van der Waals surface area contributed by atoms with Crippen LogP contribution >= 0.6 is 34.7 Å². The topological polar surface area (TPSA) is 76.9 Å². The Hall–Kier alpha value is -3.46. The van der Waals surface area contributed by atoms with Crippen molar-refractivity contribution in [1.82, 2.24) is 14.5 Å². The van der Waals surface area contributed by atoms with Crippen molar-refractivity contribution >= 4 is 56.6 Å². The molecule has 0 bridgehead atoms. The normalized spacial score (nSPS) is 11.2. The number of para-hydroxylation sites is 2. The van der Waals surface area contributed by atoms with Crippen LogP contribution in [0.3, 0.4) is 0 Å². The van der Waals surface area contributed by atoms with Crippen molar-refractivity contribution < 1.29 is 4.79 Å². The SMILES string of the molecule is CC(C)c1ccccc1-n1c(SCC(=O)Nc2nc(-c3ccccc3Cl)cs2)nc2ccccc2c1=O. The first-order valence-electron chi connectivity index (χ1n) is 11.7. The number of carbonyl (C=O) groups excluding carboxylic acids is 1. The molecule has 2 heterocycles. The third kappa shape index (κ3) is 5.32. The van der Waals surface area contributed by atoms with Crippen LogP contribution in [0.5, 0.6) is 0 Å². The highest BCUT2D eigenvalue weighted by molar-refractivity contribution is 7.99. The summed E-state index contributed by atoms with van der Waals surface area (Å²) in [6, 6.07) is 22.5. The van der Waals surface area contributed by atoms with Gasteiger partial charge in [0.1, 0.15) is 0 Å². The van der Waals surface area contributed by atoms with Crippen molar-refractivity contribution in [2.24, 2.45) is 0 Å². The molecule has 1 amide bonds. The maximum absolute atomic E-state index is 13.6. The Morgan fingerprint density at radius 3 is 2.57 bits per heavy atom. The molecule has 37 heavy (non-hydrogen) atoms. The molecular weight excluding hydrogens is 524 g/mol. The summed E-state index contributed by atoms with van der Waals surface area (Å²) in [6.07, 6.45) is 0. The minimum Gasteiger partial charge on any atom is -0.301 e. The standard InChI is InChI=1S/C28H23ClN4O2S2/c1-17(2)18-9-5-8-14-24(18)33-26(35)20-11-4-7-13-22(20)31-28(33)37-16-25(34)32-27-30-23(15-36-27)19-10-3-6-12-21(19)29/h3-15,17H,16H2,1-2H3,(H,30,32,34). The van der Waals surface area contributed by atoms with Gasteiger partial charge in [-0.25, -0.2) is 9.97 Å². The van der Waals surface area contributed by atoms with Crippen molar-refractivity contribution in [3.63, 3.8) is 0 Å². The van der Waals surface area contributed by atoms with Gasteiger partial charge in [-0.05, 0) is 35.7 Å². The van der Waals surface area contributed by atoms with E-state index in [0.29, 0.717) is 31.9 Å². The monoisotopic (exact) mass is 546 g/mol. The van der Waals surface area contributed by atoms with Crippen molar-refractivity contribution in [2.45, 2.75) is 24.9 Å². The lowest BCUT2D eigenvalue weighted by molar-refractivity contribution is -0.113. The molecule has 0 aliphatic rings. The molecule has 0 aliphatic heterocycles. The van der Waals surface area contributed by atoms with Gasteiger partial charge in [-0.3, -0.25) is 14.2 Å². The van der Waals surface area contributed by atoms with E-state index in [-0.39, 0.29) is 23.1 Å². The second-order valence-corrected chi connectivity index (χ2v) is 10.8. The highest BCUT2D eigenvalue weighted by Crippen LogP contribution is 2.31. The van der Waals surface area contributed by atoms with Gasteiger partial charge in [-0.1, -0.05) is 85.7 Å². The van der Waals surface area contributed by atoms with Gasteiger partial charge in [-0.2, -0.15) is 0 Å². The van der Waals surface area contributed by atoms with Crippen molar-refractivity contribution in [3.8, 4) is 16.9 Å². The number of thiazole rings is 1. The Balaban J connectivity index is 1.43. The van der Waals surface area contributed by atoms with Gasteiger partial charge in [0.15, 0.2) is 10.3 Å². The number of aromatic nitrogens is 3. The number of nitrogens with zero attached hydrogens (tertiary/aromatic N) is 3. The molecule has 186 valence electrons. The lowest BCUT2D eigenvalue weighted by atomic mass is 10.0. The molecule has 0 atom stereocenters. The molecule has 2 aromatic heterocycles. The highest BCUT2D eigenvalue weighted by Gasteiger charge is 2.18. The summed E-state index contributed by atoms with van der Waals surface area (Å²) in [6.45, 7) is 4.17. The molecule has 0 radical (unpaired) electrons. The van der Waals surface area contributed by atoms with Gasteiger partial charge in [-0.15, -0.1) is 11.3 Å². The predicted octanol–water partition coefficient (Wildman–Crippen LogP) is 7.02. The highest BCUT2D eigenvalue weighted by atomic mass is 35.5. The minimum absolute atomic E-state index is 0.0651. The average molecular weight is 547 g/mol. The van der Waals surface area contributed by atoms with Crippen LogP contribution in [0, 0.1) is 0 Å². The van der Waals surface area contributed by atoms with E-state index in [1.54, 1.807) is 16.7 Å². The molecule has 0 saturated heterocycles. The first-order chi connectivity index (χ1) is 17.9. The number of carbonyl (C=O) groups is 1. The fourth-order valence-electron chi connectivity index (χ4n) is 4.01. The van der Waals surface area contributed by atoms with E-state index in [4.69, 9.17) is 16.6 Å². The zero-order chi connectivity index (χ0) is 25.9.